The molecule has 1 fully saturated rings. The number of hydrogen-bond acceptors (Lipinski definition) is 3. The van der Waals surface area contributed by atoms with E-state index in [4.69, 9.17) is 23.2 Å². The predicted octanol–water partition coefficient (Wildman–Crippen LogP) is 2.26. The molecule has 2 unspecified atom stereocenters. The first-order chi connectivity index (χ1) is 9.38. The largest absolute Gasteiger partial charge is 0.391 e. The summed E-state index contributed by atoms with van der Waals surface area (Å²) in [5, 5.41) is 20.6. The van der Waals surface area contributed by atoms with E-state index in [1.165, 1.54) is 23.1 Å². The van der Waals surface area contributed by atoms with Crippen LogP contribution in [0.15, 0.2) is 18.2 Å². The third-order valence-electron chi connectivity index (χ3n) is 3.44. The van der Waals surface area contributed by atoms with Gasteiger partial charge in [0, 0.05) is 23.6 Å². The first-order valence-electron chi connectivity index (χ1n) is 6.45. The molecule has 0 saturated heterocycles. The molecule has 20 heavy (non-hydrogen) atoms. The summed E-state index contributed by atoms with van der Waals surface area (Å²) >= 11 is 11.7. The summed E-state index contributed by atoms with van der Waals surface area (Å²) in [7, 11) is 1.56. The maximum Gasteiger partial charge on any atom is 0.255 e. The molecule has 0 aromatic heterocycles. The van der Waals surface area contributed by atoms with Crippen LogP contribution >= 0.6 is 23.2 Å². The highest BCUT2D eigenvalue weighted by Gasteiger charge is 2.32. The van der Waals surface area contributed by atoms with Gasteiger partial charge in [0.2, 0.25) is 0 Å². The van der Waals surface area contributed by atoms with E-state index in [2.05, 4.69) is 0 Å². The summed E-state index contributed by atoms with van der Waals surface area (Å²) in [5.41, 5.74) is 0.347. The number of rotatable bonds is 5. The highest BCUT2D eigenvalue weighted by atomic mass is 35.5. The van der Waals surface area contributed by atoms with E-state index in [0.29, 0.717) is 15.6 Å². The van der Waals surface area contributed by atoms with Crippen LogP contribution in [0.4, 0.5) is 0 Å². The Morgan fingerprint density at radius 1 is 1.30 bits per heavy atom. The number of carbonyl (C=O) groups is 1. The normalized spacial score (nSPS) is 17.6. The molecule has 2 atom stereocenters. The van der Waals surface area contributed by atoms with Crippen molar-refractivity contribution in [3.8, 4) is 0 Å². The van der Waals surface area contributed by atoms with Gasteiger partial charge < -0.3 is 15.1 Å². The molecule has 0 bridgehead atoms. The van der Waals surface area contributed by atoms with Crippen molar-refractivity contribution in [3.05, 3.63) is 33.8 Å². The Bertz CT molecular complexity index is 485. The monoisotopic (exact) mass is 317 g/mol. The summed E-state index contributed by atoms with van der Waals surface area (Å²) in [5.74, 6) is -0.203. The summed E-state index contributed by atoms with van der Waals surface area (Å²) in [6.07, 6.45) is 0.132. The quantitative estimate of drug-likeness (QED) is 0.875. The van der Waals surface area contributed by atoms with E-state index < -0.39 is 18.1 Å². The summed E-state index contributed by atoms with van der Waals surface area (Å²) < 4.78 is 0. The van der Waals surface area contributed by atoms with Crippen molar-refractivity contribution in [1.82, 2.24) is 4.90 Å². The van der Waals surface area contributed by atoms with E-state index in [1.807, 2.05) is 0 Å². The molecule has 1 aliphatic carbocycles. The Morgan fingerprint density at radius 3 is 2.35 bits per heavy atom. The number of nitrogens with zero attached hydrogens (tertiary/aromatic N) is 1. The number of amides is 1. The highest BCUT2D eigenvalue weighted by Crippen LogP contribution is 2.33. The molecular weight excluding hydrogens is 301 g/mol. The molecule has 0 radical (unpaired) electrons. The van der Waals surface area contributed by atoms with Crippen LogP contribution in [-0.2, 0) is 4.79 Å². The third-order valence-corrected chi connectivity index (χ3v) is 3.87. The number of likely N-dealkylation sites (N-methyl/N-ethyl adjacent to an activating group) is 1. The topological polar surface area (TPSA) is 60.8 Å². The predicted molar refractivity (Wildman–Crippen MR) is 77.8 cm³/mol. The smallest absolute Gasteiger partial charge is 0.255 e. The zero-order chi connectivity index (χ0) is 14.9. The average molecular weight is 318 g/mol. The van der Waals surface area contributed by atoms with Crippen LogP contribution in [0.5, 0.6) is 0 Å². The molecule has 1 saturated carbocycles. The number of carbonyl (C=O) groups excluding carboxylic acids is 1. The lowest BCUT2D eigenvalue weighted by molar-refractivity contribution is -0.140. The lowest BCUT2D eigenvalue weighted by Crippen LogP contribution is -2.38. The van der Waals surface area contributed by atoms with Crippen LogP contribution in [0.25, 0.3) is 0 Å². The van der Waals surface area contributed by atoms with Crippen molar-refractivity contribution in [2.45, 2.75) is 25.0 Å². The fraction of sp³-hybridized carbons (Fsp3) is 0.500. The van der Waals surface area contributed by atoms with Gasteiger partial charge in [0.25, 0.3) is 5.91 Å². The molecule has 6 heteroatoms. The lowest BCUT2D eigenvalue weighted by Gasteiger charge is -2.23. The molecule has 0 spiro atoms. The standard InChI is InChI=1S/C14H17Cl2NO3/c1-17(7-12(18)8-2-3-8)14(20)13(19)9-4-10(15)6-11(16)5-9/h4-6,8,12-13,18-19H,2-3,7H2,1H3. The summed E-state index contributed by atoms with van der Waals surface area (Å²) in [6, 6.07) is 4.53. The van der Waals surface area contributed by atoms with Crippen LogP contribution in [0.2, 0.25) is 10.0 Å². The fourth-order valence-electron chi connectivity index (χ4n) is 2.08. The van der Waals surface area contributed by atoms with Crippen LogP contribution in [0, 0.1) is 5.92 Å². The zero-order valence-corrected chi connectivity index (χ0v) is 12.6. The van der Waals surface area contributed by atoms with Gasteiger partial charge in [-0.3, -0.25) is 4.79 Å². The summed E-state index contributed by atoms with van der Waals surface area (Å²) in [6.45, 7) is 0.217. The number of benzene rings is 1. The number of halogens is 2. The van der Waals surface area contributed by atoms with Crippen molar-refractivity contribution in [2.24, 2.45) is 5.92 Å². The van der Waals surface area contributed by atoms with Crippen molar-refractivity contribution in [1.29, 1.82) is 0 Å². The fourth-order valence-corrected chi connectivity index (χ4v) is 2.63. The lowest BCUT2D eigenvalue weighted by atomic mass is 10.1. The molecule has 0 heterocycles. The maximum atomic E-state index is 12.1. The maximum absolute atomic E-state index is 12.1. The van der Waals surface area contributed by atoms with E-state index in [1.54, 1.807) is 7.05 Å². The van der Waals surface area contributed by atoms with Crippen LogP contribution in [0.1, 0.15) is 24.5 Å². The first kappa shape index (κ1) is 15.6. The minimum absolute atomic E-state index is 0.217. The molecule has 1 aliphatic rings. The van der Waals surface area contributed by atoms with Crippen LogP contribution in [-0.4, -0.2) is 40.7 Å². The molecular formula is C14H17Cl2NO3. The third kappa shape index (κ3) is 3.85. The van der Waals surface area contributed by atoms with Gasteiger partial charge >= 0.3 is 0 Å². The van der Waals surface area contributed by atoms with Gasteiger partial charge in [-0.15, -0.1) is 0 Å². The molecule has 0 aliphatic heterocycles. The Kier molecular flexibility index (Phi) is 4.91. The Balaban J connectivity index is 2.02. The van der Waals surface area contributed by atoms with Gasteiger partial charge in [-0.2, -0.15) is 0 Å². The van der Waals surface area contributed by atoms with Crippen molar-refractivity contribution in [2.75, 3.05) is 13.6 Å². The minimum atomic E-state index is -1.33. The number of aliphatic hydroxyl groups excluding tert-OH is 2. The second-order valence-corrected chi connectivity index (χ2v) is 6.10. The molecule has 1 amide bonds. The first-order valence-corrected chi connectivity index (χ1v) is 7.21. The van der Waals surface area contributed by atoms with Crippen LogP contribution < -0.4 is 0 Å². The molecule has 1 aromatic carbocycles. The molecule has 4 nitrogen and oxygen atoms in total. The van der Waals surface area contributed by atoms with Gasteiger partial charge in [0.05, 0.1) is 6.10 Å². The molecule has 2 N–H and O–H groups in total. The van der Waals surface area contributed by atoms with Gasteiger partial charge in [-0.25, -0.2) is 0 Å². The van der Waals surface area contributed by atoms with Gasteiger partial charge in [0.15, 0.2) is 6.10 Å². The molecule has 110 valence electrons. The van der Waals surface area contributed by atoms with E-state index in [-0.39, 0.29) is 12.5 Å². The Hall–Kier alpha value is -0.810. The Morgan fingerprint density at radius 2 is 1.85 bits per heavy atom. The highest BCUT2D eigenvalue weighted by molar-refractivity contribution is 6.34. The SMILES string of the molecule is CN(CC(O)C1CC1)C(=O)C(O)c1cc(Cl)cc(Cl)c1. The van der Waals surface area contributed by atoms with Crippen molar-refractivity contribution >= 4 is 29.1 Å². The molecule has 2 rings (SSSR count). The van der Waals surface area contributed by atoms with Crippen LogP contribution in [0.3, 0.4) is 0 Å². The number of hydrogen-bond donors (Lipinski definition) is 2. The second-order valence-electron chi connectivity index (χ2n) is 5.23. The number of aliphatic hydroxyl groups is 2. The second kappa shape index (κ2) is 6.31. The minimum Gasteiger partial charge on any atom is -0.391 e. The van der Waals surface area contributed by atoms with Crippen molar-refractivity contribution < 1.29 is 15.0 Å². The van der Waals surface area contributed by atoms with E-state index in [9.17, 15) is 15.0 Å². The average Bonchev–Trinajstić information content (AvgIpc) is 3.19. The Labute approximate surface area is 127 Å². The zero-order valence-electron chi connectivity index (χ0n) is 11.1. The van der Waals surface area contributed by atoms with Gasteiger partial charge in [-0.1, -0.05) is 23.2 Å². The van der Waals surface area contributed by atoms with Gasteiger partial charge in [0.1, 0.15) is 0 Å². The van der Waals surface area contributed by atoms with Crippen molar-refractivity contribution in [3.63, 3.8) is 0 Å². The molecule has 1 aromatic rings. The van der Waals surface area contributed by atoms with E-state index in [0.717, 1.165) is 12.8 Å². The van der Waals surface area contributed by atoms with Gasteiger partial charge in [-0.05, 0) is 42.5 Å². The van der Waals surface area contributed by atoms with E-state index >= 15 is 0 Å². The summed E-state index contributed by atoms with van der Waals surface area (Å²) in [4.78, 5) is 13.5.